The van der Waals surface area contributed by atoms with Gasteiger partial charge in [-0.1, -0.05) is 0 Å². The van der Waals surface area contributed by atoms with E-state index in [-0.39, 0.29) is 30.1 Å². The molecule has 0 aromatic heterocycles. The fraction of sp³-hybridized carbons (Fsp3) is 0.818. The lowest BCUT2D eigenvalue weighted by molar-refractivity contribution is -0.200. The van der Waals surface area contributed by atoms with E-state index in [0.29, 0.717) is 19.4 Å². The summed E-state index contributed by atoms with van der Waals surface area (Å²) in [5.74, 6) is -1.32. The van der Waals surface area contributed by atoms with Gasteiger partial charge in [0.05, 0.1) is 24.5 Å². The van der Waals surface area contributed by atoms with Crippen LogP contribution in [0.15, 0.2) is 0 Å². The highest BCUT2D eigenvalue weighted by Crippen LogP contribution is 2.40. The Bertz CT molecular complexity index is 301. The molecule has 2 saturated heterocycles. The van der Waals surface area contributed by atoms with Crippen molar-refractivity contribution in [1.82, 2.24) is 0 Å². The molecule has 4 atom stereocenters. The van der Waals surface area contributed by atoms with Crippen molar-refractivity contribution in [2.75, 3.05) is 13.7 Å². The number of carbonyl (C=O) groups excluding carboxylic acids is 2. The fourth-order valence-corrected chi connectivity index (χ4v) is 2.51. The predicted octanol–water partition coefficient (Wildman–Crippen LogP) is 0.516. The second kappa shape index (κ2) is 4.41. The van der Waals surface area contributed by atoms with Crippen LogP contribution in [0.5, 0.6) is 0 Å². The maximum atomic E-state index is 11.7. The first kappa shape index (κ1) is 11.4. The molecule has 0 aromatic rings. The Morgan fingerprint density at radius 1 is 1.50 bits per heavy atom. The summed E-state index contributed by atoms with van der Waals surface area (Å²) in [6.45, 7) is 2.10. The van der Waals surface area contributed by atoms with E-state index in [1.54, 1.807) is 14.0 Å². The number of methoxy groups -OCH3 is 1. The Morgan fingerprint density at radius 3 is 2.81 bits per heavy atom. The molecule has 1 aliphatic carbocycles. The highest BCUT2D eigenvalue weighted by Gasteiger charge is 2.51. The molecule has 0 aromatic carbocycles. The van der Waals surface area contributed by atoms with Crippen molar-refractivity contribution in [2.24, 2.45) is 11.8 Å². The quantitative estimate of drug-likeness (QED) is 0.659. The molecule has 16 heavy (non-hydrogen) atoms. The summed E-state index contributed by atoms with van der Waals surface area (Å²) in [7, 11) is 1.60. The monoisotopic (exact) mass is 228 g/mol. The molecular formula is C11H16O5. The van der Waals surface area contributed by atoms with Gasteiger partial charge in [0.2, 0.25) is 0 Å². The number of carbonyl (C=O) groups is 2. The smallest absolute Gasteiger partial charge is 0.310 e. The van der Waals surface area contributed by atoms with Crippen LogP contribution in [-0.2, 0) is 23.8 Å². The minimum Gasteiger partial charge on any atom is -0.466 e. The van der Waals surface area contributed by atoms with Gasteiger partial charge in [-0.25, -0.2) is 0 Å². The molecule has 3 fully saturated rings. The summed E-state index contributed by atoms with van der Waals surface area (Å²) < 4.78 is 15.4. The van der Waals surface area contributed by atoms with Gasteiger partial charge in [0.25, 0.3) is 0 Å². The zero-order chi connectivity index (χ0) is 11.7. The maximum Gasteiger partial charge on any atom is 0.310 e. The Labute approximate surface area is 94.0 Å². The minimum atomic E-state index is -0.394. The molecule has 3 rings (SSSR count). The second-order valence-corrected chi connectivity index (χ2v) is 4.19. The average molecular weight is 228 g/mol. The lowest BCUT2D eigenvalue weighted by atomic mass is 9.74. The van der Waals surface area contributed by atoms with Crippen molar-refractivity contribution in [3.8, 4) is 0 Å². The van der Waals surface area contributed by atoms with Crippen LogP contribution < -0.4 is 0 Å². The third-order valence-corrected chi connectivity index (χ3v) is 3.34. The molecule has 2 aliphatic heterocycles. The van der Waals surface area contributed by atoms with Crippen LogP contribution in [0.2, 0.25) is 0 Å². The molecule has 2 bridgehead atoms. The maximum absolute atomic E-state index is 11.7. The van der Waals surface area contributed by atoms with Crippen LogP contribution >= 0.6 is 0 Å². The van der Waals surface area contributed by atoms with Crippen molar-refractivity contribution < 1.29 is 23.8 Å². The first-order valence-electron chi connectivity index (χ1n) is 5.57. The average Bonchev–Trinajstić information content (AvgIpc) is 2.29. The summed E-state index contributed by atoms with van der Waals surface area (Å²) in [5.41, 5.74) is 0. The van der Waals surface area contributed by atoms with Crippen molar-refractivity contribution in [1.29, 1.82) is 0 Å². The number of hydrogen-bond donors (Lipinski definition) is 0. The Hall–Kier alpha value is -1.10. The predicted molar refractivity (Wildman–Crippen MR) is 53.5 cm³/mol. The van der Waals surface area contributed by atoms with Gasteiger partial charge in [0.15, 0.2) is 0 Å². The molecule has 0 spiro atoms. The van der Waals surface area contributed by atoms with Gasteiger partial charge >= 0.3 is 11.9 Å². The highest BCUT2D eigenvalue weighted by molar-refractivity contribution is 5.84. The van der Waals surface area contributed by atoms with E-state index in [0.717, 1.165) is 0 Å². The van der Waals surface area contributed by atoms with Crippen LogP contribution in [-0.4, -0.2) is 37.9 Å². The van der Waals surface area contributed by atoms with E-state index < -0.39 is 5.92 Å². The van der Waals surface area contributed by atoms with E-state index in [1.807, 2.05) is 0 Å². The lowest BCUT2D eigenvalue weighted by Crippen LogP contribution is -2.54. The topological polar surface area (TPSA) is 61.8 Å². The van der Waals surface area contributed by atoms with Gasteiger partial charge in [-0.3, -0.25) is 9.59 Å². The Kier molecular flexibility index (Phi) is 3.14. The van der Waals surface area contributed by atoms with Crippen molar-refractivity contribution in [2.45, 2.75) is 32.0 Å². The summed E-state index contributed by atoms with van der Waals surface area (Å²) in [4.78, 5) is 23.2. The molecule has 5 nitrogen and oxygen atoms in total. The highest BCUT2D eigenvalue weighted by atomic mass is 16.6. The molecule has 0 unspecified atom stereocenters. The van der Waals surface area contributed by atoms with Crippen LogP contribution in [0.4, 0.5) is 0 Å². The van der Waals surface area contributed by atoms with Crippen LogP contribution in [0, 0.1) is 11.8 Å². The summed E-state index contributed by atoms with van der Waals surface area (Å²) in [6.07, 6.45) is 0.710. The SMILES string of the molecule is CCOC(=O)[C@@H]1C[C@H]2OC(=O)[C@@H]1C[C@H]2OC. The normalized spacial score (nSPS) is 37.0. The third kappa shape index (κ3) is 1.80. The van der Waals surface area contributed by atoms with Crippen LogP contribution in [0.25, 0.3) is 0 Å². The fourth-order valence-electron chi connectivity index (χ4n) is 2.51. The van der Waals surface area contributed by atoms with Gasteiger partial charge in [0.1, 0.15) is 6.10 Å². The molecular weight excluding hydrogens is 212 g/mol. The molecule has 5 heteroatoms. The second-order valence-electron chi connectivity index (χ2n) is 4.19. The summed E-state index contributed by atoms with van der Waals surface area (Å²) in [5, 5.41) is 0. The number of esters is 2. The number of fused-ring (bicyclic) bond motifs is 3. The molecule has 3 aliphatic rings. The molecule has 90 valence electrons. The third-order valence-electron chi connectivity index (χ3n) is 3.34. The van der Waals surface area contributed by atoms with Gasteiger partial charge in [-0.15, -0.1) is 0 Å². The number of rotatable bonds is 3. The standard InChI is InChI=1S/C11H16O5/c1-3-15-10(12)6-5-9-8(14-2)4-7(6)11(13)16-9/h6-9H,3-5H2,1-2H3/t6-,7-,8-,9-/m1/s1. The minimum absolute atomic E-state index is 0.0756. The van der Waals surface area contributed by atoms with E-state index in [4.69, 9.17) is 14.2 Å². The number of ether oxygens (including phenoxy) is 3. The zero-order valence-electron chi connectivity index (χ0n) is 9.47. The van der Waals surface area contributed by atoms with E-state index >= 15 is 0 Å². The van der Waals surface area contributed by atoms with Crippen LogP contribution in [0.1, 0.15) is 19.8 Å². The van der Waals surface area contributed by atoms with E-state index in [1.165, 1.54) is 0 Å². The summed E-state index contributed by atoms with van der Waals surface area (Å²) >= 11 is 0. The van der Waals surface area contributed by atoms with E-state index in [2.05, 4.69) is 0 Å². The van der Waals surface area contributed by atoms with Gasteiger partial charge in [0, 0.05) is 13.5 Å². The lowest BCUT2D eigenvalue weighted by Gasteiger charge is -2.43. The molecule has 0 amide bonds. The van der Waals surface area contributed by atoms with Crippen LogP contribution in [0.3, 0.4) is 0 Å². The van der Waals surface area contributed by atoms with Crippen molar-refractivity contribution >= 4 is 11.9 Å². The van der Waals surface area contributed by atoms with Gasteiger partial charge in [-0.2, -0.15) is 0 Å². The zero-order valence-corrected chi connectivity index (χ0v) is 9.47. The molecule has 0 N–H and O–H groups in total. The summed E-state index contributed by atoms with van der Waals surface area (Å²) in [6, 6.07) is 0. The molecule has 1 saturated carbocycles. The first-order chi connectivity index (χ1) is 7.67. The largest absolute Gasteiger partial charge is 0.466 e. The number of hydrogen-bond acceptors (Lipinski definition) is 5. The van der Waals surface area contributed by atoms with Crippen molar-refractivity contribution in [3.63, 3.8) is 0 Å². The van der Waals surface area contributed by atoms with Gasteiger partial charge in [-0.05, 0) is 13.3 Å². The Morgan fingerprint density at radius 2 is 2.25 bits per heavy atom. The molecule has 0 radical (unpaired) electrons. The molecule has 2 heterocycles. The van der Waals surface area contributed by atoms with E-state index in [9.17, 15) is 9.59 Å². The first-order valence-corrected chi connectivity index (χ1v) is 5.57. The Balaban J connectivity index is 2.09. The van der Waals surface area contributed by atoms with Crippen molar-refractivity contribution in [3.05, 3.63) is 0 Å². The van der Waals surface area contributed by atoms with Gasteiger partial charge < -0.3 is 14.2 Å².